The molecule has 110 valence electrons. The number of pyridine rings is 1. The van der Waals surface area contributed by atoms with Crippen molar-refractivity contribution < 1.29 is 0 Å². The fourth-order valence-corrected chi connectivity index (χ4v) is 3.70. The molecular formula is C17H27N3. The van der Waals surface area contributed by atoms with Crippen molar-refractivity contribution in [3.05, 3.63) is 23.4 Å². The molecule has 0 radical (unpaired) electrons. The number of aryl methyl sites for hydroxylation is 2. The molecular weight excluding hydrogens is 246 g/mol. The zero-order valence-electron chi connectivity index (χ0n) is 12.9. The maximum atomic E-state index is 4.92. The molecule has 1 aromatic rings. The maximum absolute atomic E-state index is 4.92. The van der Waals surface area contributed by atoms with E-state index >= 15 is 0 Å². The fourth-order valence-electron chi connectivity index (χ4n) is 3.70. The van der Waals surface area contributed by atoms with E-state index in [9.17, 15) is 0 Å². The second kappa shape index (κ2) is 6.13. The lowest BCUT2D eigenvalue weighted by Gasteiger charge is -2.37. The van der Waals surface area contributed by atoms with Crippen molar-refractivity contribution in [1.29, 1.82) is 0 Å². The Morgan fingerprint density at radius 3 is 3.10 bits per heavy atom. The van der Waals surface area contributed by atoms with Gasteiger partial charge in [-0.2, -0.15) is 0 Å². The van der Waals surface area contributed by atoms with Gasteiger partial charge in [0.05, 0.1) is 0 Å². The number of fused-ring (bicyclic) bond motifs is 1. The SMILES string of the molecule is CCNC(C)C1CCCN(c2ccc3c(n2)CCC3)C1. The molecule has 20 heavy (non-hydrogen) atoms. The molecule has 0 bridgehead atoms. The van der Waals surface area contributed by atoms with Crippen LogP contribution in [-0.2, 0) is 12.8 Å². The summed E-state index contributed by atoms with van der Waals surface area (Å²) in [5, 5.41) is 3.58. The van der Waals surface area contributed by atoms with Crippen LogP contribution < -0.4 is 10.2 Å². The van der Waals surface area contributed by atoms with Gasteiger partial charge in [0, 0.05) is 24.8 Å². The van der Waals surface area contributed by atoms with Crippen LogP contribution in [0.4, 0.5) is 5.82 Å². The standard InChI is InChI=1S/C17H27N3/c1-3-18-13(2)15-7-5-11-20(12-15)17-10-9-14-6-4-8-16(14)19-17/h9-10,13,15,18H,3-8,11-12H2,1-2H3. The van der Waals surface area contributed by atoms with Gasteiger partial charge in [-0.15, -0.1) is 0 Å². The van der Waals surface area contributed by atoms with Crippen LogP contribution in [0.25, 0.3) is 0 Å². The number of hydrogen-bond donors (Lipinski definition) is 1. The van der Waals surface area contributed by atoms with Crippen LogP contribution in [0.3, 0.4) is 0 Å². The summed E-state index contributed by atoms with van der Waals surface area (Å²) in [5.41, 5.74) is 2.83. The molecule has 0 amide bonds. The van der Waals surface area contributed by atoms with Gasteiger partial charge in [0.1, 0.15) is 5.82 Å². The van der Waals surface area contributed by atoms with Gasteiger partial charge in [-0.25, -0.2) is 4.98 Å². The third kappa shape index (κ3) is 2.83. The van der Waals surface area contributed by atoms with E-state index < -0.39 is 0 Å². The van der Waals surface area contributed by atoms with E-state index in [2.05, 4.69) is 36.2 Å². The molecule has 3 nitrogen and oxygen atoms in total. The van der Waals surface area contributed by atoms with Gasteiger partial charge in [-0.1, -0.05) is 13.0 Å². The first-order chi connectivity index (χ1) is 9.78. The summed E-state index contributed by atoms with van der Waals surface area (Å²) >= 11 is 0. The molecule has 3 rings (SSSR count). The molecule has 1 fully saturated rings. The van der Waals surface area contributed by atoms with Crippen LogP contribution in [0.2, 0.25) is 0 Å². The molecule has 3 heteroatoms. The van der Waals surface area contributed by atoms with Crippen molar-refractivity contribution in [2.75, 3.05) is 24.5 Å². The Morgan fingerprint density at radius 1 is 1.35 bits per heavy atom. The van der Waals surface area contributed by atoms with E-state index in [1.165, 1.54) is 55.7 Å². The maximum Gasteiger partial charge on any atom is 0.128 e. The second-order valence-electron chi connectivity index (χ2n) is 6.32. The van der Waals surface area contributed by atoms with Crippen molar-refractivity contribution in [3.8, 4) is 0 Å². The van der Waals surface area contributed by atoms with Crippen LogP contribution in [0, 0.1) is 5.92 Å². The molecule has 0 saturated carbocycles. The average molecular weight is 273 g/mol. The lowest BCUT2D eigenvalue weighted by Crippen LogP contribution is -2.44. The van der Waals surface area contributed by atoms with Gasteiger partial charge in [0.15, 0.2) is 0 Å². The highest BCUT2D eigenvalue weighted by Gasteiger charge is 2.25. The number of rotatable bonds is 4. The van der Waals surface area contributed by atoms with Gasteiger partial charge in [-0.05, 0) is 63.1 Å². The van der Waals surface area contributed by atoms with Crippen LogP contribution in [-0.4, -0.2) is 30.7 Å². The van der Waals surface area contributed by atoms with E-state index in [0.717, 1.165) is 19.0 Å². The number of aromatic nitrogens is 1. The molecule has 2 aliphatic rings. The molecule has 0 spiro atoms. The summed E-state index contributed by atoms with van der Waals surface area (Å²) in [6.07, 6.45) is 6.32. The normalized spacial score (nSPS) is 23.7. The molecule has 2 unspecified atom stereocenters. The Kier molecular flexibility index (Phi) is 4.25. The van der Waals surface area contributed by atoms with Crippen LogP contribution >= 0.6 is 0 Å². The third-order valence-corrected chi connectivity index (χ3v) is 4.93. The Morgan fingerprint density at radius 2 is 2.25 bits per heavy atom. The van der Waals surface area contributed by atoms with E-state index in [4.69, 9.17) is 4.98 Å². The predicted octanol–water partition coefficient (Wildman–Crippen LogP) is 2.78. The predicted molar refractivity (Wildman–Crippen MR) is 84.3 cm³/mol. The highest BCUT2D eigenvalue weighted by atomic mass is 15.2. The van der Waals surface area contributed by atoms with Crippen LogP contribution in [0.5, 0.6) is 0 Å². The minimum absolute atomic E-state index is 0.609. The zero-order chi connectivity index (χ0) is 13.9. The molecule has 1 aromatic heterocycles. The summed E-state index contributed by atoms with van der Waals surface area (Å²) in [5.74, 6) is 1.96. The van der Waals surface area contributed by atoms with Gasteiger partial charge >= 0.3 is 0 Å². The molecule has 2 atom stereocenters. The summed E-state index contributed by atoms with van der Waals surface area (Å²) in [4.78, 5) is 7.42. The van der Waals surface area contributed by atoms with E-state index in [-0.39, 0.29) is 0 Å². The Labute approximate surface area is 122 Å². The first kappa shape index (κ1) is 13.9. The lowest BCUT2D eigenvalue weighted by molar-refractivity contribution is 0.323. The second-order valence-corrected chi connectivity index (χ2v) is 6.32. The van der Waals surface area contributed by atoms with Gasteiger partial charge in [-0.3, -0.25) is 0 Å². The van der Waals surface area contributed by atoms with Gasteiger partial charge in [0.2, 0.25) is 0 Å². The van der Waals surface area contributed by atoms with Crippen LogP contribution in [0.1, 0.15) is 44.4 Å². The molecule has 1 aliphatic carbocycles. The Balaban J connectivity index is 1.70. The lowest BCUT2D eigenvalue weighted by atomic mass is 9.91. The van der Waals surface area contributed by atoms with Gasteiger partial charge < -0.3 is 10.2 Å². The quantitative estimate of drug-likeness (QED) is 0.914. The molecule has 0 aromatic carbocycles. The smallest absolute Gasteiger partial charge is 0.128 e. The molecule has 1 aliphatic heterocycles. The summed E-state index contributed by atoms with van der Waals surface area (Å²) in [7, 11) is 0. The zero-order valence-corrected chi connectivity index (χ0v) is 12.9. The largest absolute Gasteiger partial charge is 0.356 e. The highest BCUT2D eigenvalue weighted by Crippen LogP contribution is 2.27. The number of hydrogen-bond acceptors (Lipinski definition) is 3. The molecule has 2 heterocycles. The van der Waals surface area contributed by atoms with Gasteiger partial charge in [0.25, 0.3) is 0 Å². The third-order valence-electron chi connectivity index (χ3n) is 4.93. The van der Waals surface area contributed by atoms with Crippen molar-refractivity contribution in [2.45, 2.75) is 52.0 Å². The molecule has 1 N–H and O–H groups in total. The summed E-state index contributed by atoms with van der Waals surface area (Å²) < 4.78 is 0. The monoisotopic (exact) mass is 273 g/mol. The number of piperidine rings is 1. The summed E-state index contributed by atoms with van der Waals surface area (Å²) in [6, 6.07) is 5.16. The highest BCUT2D eigenvalue weighted by molar-refractivity contribution is 5.43. The Hall–Kier alpha value is -1.09. The molecule has 1 saturated heterocycles. The van der Waals surface area contributed by atoms with Crippen LogP contribution in [0.15, 0.2) is 12.1 Å². The van der Waals surface area contributed by atoms with Crippen molar-refractivity contribution in [1.82, 2.24) is 10.3 Å². The average Bonchev–Trinajstić information content (AvgIpc) is 2.95. The fraction of sp³-hybridized carbons (Fsp3) is 0.706. The summed E-state index contributed by atoms with van der Waals surface area (Å²) in [6.45, 7) is 7.91. The number of nitrogens with zero attached hydrogens (tertiary/aromatic N) is 2. The minimum atomic E-state index is 0.609. The first-order valence-electron chi connectivity index (χ1n) is 8.25. The van der Waals surface area contributed by atoms with Crippen molar-refractivity contribution in [2.24, 2.45) is 5.92 Å². The minimum Gasteiger partial charge on any atom is -0.356 e. The Bertz CT molecular complexity index is 458. The van der Waals surface area contributed by atoms with E-state index in [1.807, 2.05) is 0 Å². The van der Waals surface area contributed by atoms with Crippen molar-refractivity contribution in [3.63, 3.8) is 0 Å². The number of anilines is 1. The van der Waals surface area contributed by atoms with E-state index in [1.54, 1.807) is 0 Å². The van der Waals surface area contributed by atoms with Crippen molar-refractivity contribution >= 4 is 5.82 Å². The van der Waals surface area contributed by atoms with E-state index in [0.29, 0.717) is 6.04 Å². The first-order valence-corrected chi connectivity index (χ1v) is 8.25. The number of nitrogens with one attached hydrogen (secondary N) is 1. The topological polar surface area (TPSA) is 28.2 Å².